The normalized spacial score (nSPS) is 22.2. The van der Waals surface area contributed by atoms with Gasteiger partial charge in [-0.2, -0.15) is 4.31 Å². The summed E-state index contributed by atoms with van der Waals surface area (Å²) in [6.07, 6.45) is 1.84. The number of anilines is 1. The van der Waals surface area contributed by atoms with Gasteiger partial charge >= 0.3 is 0 Å². The van der Waals surface area contributed by atoms with Crippen LogP contribution in [0.2, 0.25) is 0 Å². The third-order valence-corrected chi connectivity index (χ3v) is 7.33. The predicted molar refractivity (Wildman–Crippen MR) is 89.8 cm³/mol. The molecule has 0 saturated carbocycles. The maximum atomic E-state index is 11.7. The van der Waals surface area contributed by atoms with E-state index in [9.17, 15) is 8.42 Å². The van der Waals surface area contributed by atoms with Gasteiger partial charge in [0.05, 0.1) is 21.2 Å². The Hall–Kier alpha value is -0.340. The molecule has 1 fully saturated rings. The van der Waals surface area contributed by atoms with Crippen LogP contribution in [0.1, 0.15) is 25.3 Å². The Morgan fingerprint density at radius 3 is 2.50 bits per heavy atom. The maximum absolute atomic E-state index is 11.7. The lowest BCUT2D eigenvalue weighted by molar-refractivity contribution is 0.248. The largest absolute Gasteiger partial charge is 0.371 e. The number of para-hydroxylation sites is 1. The van der Waals surface area contributed by atoms with Crippen LogP contribution >= 0.6 is 21.2 Å². The number of benzene rings is 1. The number of hydrogen-bond acceptors (Lipinski definition) is 3. The van der Waals surface area contributed by atoms with Gasteiger partial charge in [0.1, 0.15) is 0 Å². The molecule has 1 saturated heterocycles. The summed E-state index contributed by atoms with van der Waals surface area (Å²) >= 11 is 1.55. The molecule has 4 nitrogen and oxygen atoms in total. The van der Waals surface area contributed by atoms with Crippen molar-refractivity contribution < 1.29 is 8.42 Å². The molecule has 1 spiro atoms. The first kappa shape index (κ1) is 14.6. The fraction of sp³-hybridized carbons (Fsp3) is 0.571. The van der Waals surface area contributed by atoms with Crippen LogP contribution < -0.4 is 4.90 Å². The molecule has 20 heavy (non-hydrogen) atoms. The summed E-state index contributed by atoms with van der Waals surface area (Å²) in [5.41, 5.74) is 2.89. The number of rotatable bonds is 2. The number of hydrogen-bond donors (Lipinski definition) is 0. The number of nitrogens with zero attached hydrogens (tertiary/aromatic N) is 2. The second kappa shape index (κ2) is 5.14. The van der Waals surface area contributed by atoms with Gasteiger partial charge < -0.3 is 4.90 Å². The minimum Gasteiger partial charge on any atom is -0.371 e. The first-order valence-electron chi connectivity index (χ1n) is 7.00. The van der Waals surface area contributed by atoms with Crippen molar-refractivity contribution in [3.8, 4) is 0 Å². The fourth-order valence-corrected chi connectivity index (χ4v) is 5.38. The van der Waals surface area contributed by atoms with Gasteiger partial charge in [-0.15, -0.1) is 0 Å². The molecule has 0 aromatic heterocycles. The van der Waals surface area contributed by atoms with Gasteiger partial charge in [-0.1, -0.05) is 18.2 Å². The van der Waals surface area contributed by atoms with Gasteiger partial charge in [-0.05, 0) is 31.4 Å². The minimum atomic E-state index is -3.08. The van der Waals surface area contributed by atoms with Gasteiger partial charge in [0, 0.05) is 37.3 Å². The average molecular weight is 406 g/mol. The molecular formula is C14H19IN2O2S. The summed E-state index contributed by atoms with van der Waals surface area (Å²) in [5, 5.41) is 0. The second-order valence-corrected chi connectivity index (χ2v) is 10.3. The molecule has 2 aliphatic heterocycles. The summed E-state index contributed by atoms with van der Waals surface area (Å²) in [6.45, 7) is 5.49. The molecule has 0 bridgehead atoms. The quantitative estimate of drug-likeness (QED) is 0.560. The van der Waals surface area contributed by atoms with Crippen molar-refractivity contribution in [1.29, 1.82) is 0 Å². The third-order valence-electron chi connectivity index (χ3n) is 4.68. The van der Waals surface area contributed by atoms with Gasteiger partial charge in [0.15, 0.2) is 0 Å². The Bertz CT molecular complexity index is 609. The summed E-state index contributed by atoms with van der Waals surface area (Å²) < 4.78 is 24.9. The van der Waals surface area contributed by atoms with E-state index >= 15 is 0 Å². The third kappa shape index (κ3) is 2.35. The Kier molecular flexibility index (Phi) is 3.75. The number of fused-ring (bicyclic) bond motifs is 2. The van der Waals surface area contributed by atoms with Crippen LogP contribution in [-0.2, 0) is 12.6 Å². The molecule has 0 atom stereocenters. The molecule has 0 radical (unpaired) electrons. The van der Waals surface area contributed by atoms with Gasteiger partial charge in [-0.3, -0.25) is 0 Å². The smallest absolute Gasteiger partial charge is 0.267 e. The number of halogens is 1. The van der Waals surface area contributed by atoms with E-state index in [0.717, 1.165) is 25.9 Å². The zero-order valence-electron chi connectivity index (χ0n) is 11.5. The van der Waals surface area contributed by atoms with E-state index in [1.54, 1.807) is 25.5 Å². The number of likely N-dealkylation sites (N-methyl/N-ethyl adjacent to an activating group) is 1. The molecule has 0 unspecified atom stereocenters. The Morgan fingerprint density at radius 2 is 1.90 bits per heavy atom. The highest BCUT2D eigenvalue weighted by Gasteiger charge is 2.45. The van der Waals surface area contributed by atoms with E-state index in [-0.39, 0.29) is 5.41 Å². The van der Waals surface area contributed by atoms with Crippen molar-refractivity contribution in [2.24, 2.45) is 0 Å². The fourth-order valence-electron chi connectivity index (χ4n) is 3.58. The minimum absolute atomic E-state index is 0.143. The first-order valence-corrected chi connectivity index (χ1v) is 11.0. The van der Waals surface area contributed by atoms with Crippen molar-refractivity contribution in [2.75, 3.05) is 31.1 Å². The molecule has 3 rings (SSSR count). The molecule has 6 heteroatoms. The molecular weight excluding hydrogens is 387 g/mol. The van der Waals surface area contributed by atoms with E-state index < -0.39 is 7.19 Å². The predicted octanol–water partition coefficient (Wildman–Crippen LogP) is 2.54. The van der Waals surface area contributed by atoms with Gasteiger partial charge in [-0.25, -0.2) is 8.42 Å². The monoisotopic (exact) mass is 406 g/mol. The van der Waals surface area contributed by atoms with Crippen molar-refractivity contribution >= 4 is 34.1 Å². The highest BCUT2D eigenvalue weighted by molar-refractivity contribution is 14.2. The maximum Gasteiger partial charge on any atom is 0.267 e. The van der Waals surface area contributed by atoms with E-state index in [2.05, 4.69) is 36.1 Å². The van der Waals surface area contributed by atoms with E-state index in [1.165, 1.54) is 11.3 Å². The highest BCUT2D eigenvalue weighted by Crippen LogP contribution is 2.47. The lowest BCUT2D eigenvalue weighted by Gasteiger charge is -2.38. The summed E-state index contributed by atoms with van der Waals surface area (Å²) in [4.78, 5) is 2.42. The Labute approximate surface area is 132 Å². The molecule has 0 amide bonds. The van der Waals surface area contributed by atoms with Crippen LogP contribution in [0, 0.1) is 0 Å². The van der Waals surface area contributed by atoms with Crippen LogP contribution in [0.15, 0.2) is 24.3 Å². The van der Waals surface area contributed by atoms with Crippen molar-refractivity contribution in [2.45, 2.75) is 25.2 Å². The average Bonchev–Trinajstić information content (AvgIpc) is 2.73. The lowest BCUT2D eigenvalue weighted by Crippen LogP contribution is -2.45. The van der Waals surface area contributed by atoms with Crippen molar-refractivity contribution in [1.82, 2.24) is 4.31 Å². The van der Waals surface area contributed by atoms with Crippen molar-refractivity contribution in [3.05, 3.63) is 29.8 Å². The zero-order chi connectivity index (χ0) is 14.4. The van der Waals surface area contributed by atoms with Crippen LogP contribution in [0.4, 0.5) is 5.69 Å². The van der Waals surface area contributed by atoms with Crippen LogP contribution in [0.3, 0.4) is 0 Å². The van der Waals surface area contributed by atoms with Gasteiger partial charge in [0.2, 0.25) is 0 Å². The Morgan fingerprint density at radius 1 is 1.25 bits per heavy atom. The standard InChI is InChI=1S/C14H19IN2O2S/c1-2-16-11-14(12-5-3-4-6-13(12)16)7-9-17(10-8-14)20(15,18)19/h3-6H,2,7-11H2,1H3. The SMILES string of the molecule is CCN1CC2(CCN(S(=O)(=O)I)CC2)c2ccccc21. The topological polar surface area (TPSA) is 40.6 Å². The molecule has 0 aliphatic carbocycles. The lowest BCUT2D eigenvalue weighted by atomic mass is 9.75. The second-order valence-electron chi connectivity index (χ2n) is 5.65. The molecule has 1 aromatic rings. The first-order chi connectivity index (χ1) is 9.46. The van der Waals surface area contributed by atoms with E-state index in [4.69, 9.17) is 0 Å². The molecule has 2 aliphatic rings. The highest BCUT2D eigenvalue weighted by atomic mass is 127. The van der Waals surface area contributed by atoms with Gasteiger partial charge in [0.25, 0.3) is 7.19 Å². The Balaban J connectivity index is 1.89. The summed E-state index contributed by atoms with van der Waals surface area (Å²) in [5.74, 6) is 0. The molecule has 1 aromatic carbocycles. The van der Waals surface area contributed by atoms with Crippen LogP contribution in [0.25, 0.3) is 0 Å². The number of piperidine rings is 1. The molecule has 110 valence electrons. The summed E-state index contributed by atoms with van der Waals surface area (Å²) in [7, 11) is -3.08. The van der Waals surface area contributed by atoms with Crippen LogP contribution in [0.5, 0.6) is 0 Å². The molecule has 0 N–H and O–H groups in total. The van der Waals surface area contributed by atoms with Crippen LogP contribution in [-0.4, -0.2) is 38.9 Å². The van der Waals surface area contributed by atoms with Crippen molar-refractivity contribution in [3.63, 3.8) is 0 Å². The van der Waals surface area contributed by atoms with E-state index in [0.29, 0.717) is 13.1 Å². The van der Waals surface area contributed by atoms with E-state index in [1.807, 2.05) is 0 Å². The zero-order valence-corrected chi connectivity index (χ0v) is 14.5. The summed E-state index contributed by atoms with van der Waals surface area (Å²) in [6, 6.07) is 8.60. The molecule has 2 heterocycles.